The number of amides is 2. The van der Waals surface area contributed by atoms with Gasteiger partial charge in [0.15, 0.2) is 0 Å². The van der Waals surface area contributed by atoms with E-state index in [0.717, 1.165) is 31.7 Å². The Morgan fingerprint density at radius 3 is 2.52 bits per heavy atom. The summed E-state index contributed by atoms with van der Waals surface area (Å²) in [5, 5.41) is 8.64. The molecule has 25 heavy (non-hydrogen) atoms. The van der Waals surface area contributed by atoms with Crippen LogP contribution in [0.5, 0.6) is 5.75 Å². The molecule has 3 N–H and O–H groups in total. The molecule has 0 spiro atoms. The van der Waals surface area contributed by atoms with Crippen LogP contribution >= 0.6 is 24.8 Å². The number of rotatable bonds is 6. The number of ether oxygens (including phenoxy) is 1. The maximum Gasteiger partial charge on any atom is 0.243 e. The first-order valence-corrected chi connectivity index (χ1v) is 7.73. The predicted octanol–water partition coefficient (Wildman–Crippen LogP) is 0.807. The fourth-order valence-corrected chi connectivity index (χ4v) is 2.42. The number of carbonyl (C=O) groups excluding carboxylic acids is 2. The molecule has 0 radical (unpaired) electrons. The molecule has 1 aromatic carbocycles. The van der Waals surface area contributed by atoms with Gasteiger partial charge in [0.25, 0.3) is 0 Å². The van der Waals surface area contributed by atoms with Gasteiger partial charge in [-0.25, -0.2) is 0 Å². The molecule has 0 unspecified atom stereocenters. The number of methoxy groups -OCH3 is 1. The Bertz CT molecular complexity index is 566. The Kier molecular flexibility index (Phi) is 11.2. The van der Waals surface area contributed by atoms with Crippen LogP contribution in [0.15, 0.2) is 18.2 Å². The van der Waals surface area contributed by atoms with Crippen molar-refractivity contribution in [3.8, 4) is 5.75 Å². The molecule has 1 aliphatic heterocycles. The van der Waals surface area contributed by atoms with Gasteiger partial charge >= 0.3 is 0 Å². The van der Waals surface area contributed by atoms with Crippen LogP contribution in [0.3, 0.4) is 0 Å². The molecule has 7 nitrogen and oxygen atoms in total. The highest BCUT2D eigenvalue weighted by Crippen LogP contribution is 2.24. The van der Waals surface area contributed by atoms with E-state index in [9.17, 15) is 9.59 Å². The molecule has 1 heterocycles. The Morgan fingerprint density at radius 1 is 1.20 bits per heavy atom. The maximum absolute atomic E-state index is 12.0. The summed E-state index contributed by atoms with van der Waals surface area (Å²) in [4.78, 5) is 25.9. The summed E-state index contributed by atoms with van der Waals surface area (Å²) in [5.74, 6) is 0.178. The molecule has 2 rings (SSSR count). The lowest BCUT2D eigenvalue weighted by Gasteiger charge is -2.26. The number of nitrogens with one attached hydrogen (secondary N) is 3. The Hall–Kier alpha value is -1.54. The number of carbonyl (C=O) groups is 2. The summed E-state index contributed by atoms with van der Waals surface area (Å²) in [6, 6.07) is 5.54. The van der Waals surface area contributed by atoms with Gasteiger partial charge in [0.05, 0.1) is 25.9 Å². The zero-order valence-electron chi connectivity index (χ0n) is 14.5. The second kappa shape index (κ2) is 11.9. The van der Waals surface area contributed by atoms with Crippen molar-refractivity contribution in [2.45, 2.75) is 6.92 Å². The maximum atomic E-state index is 12.0. The van der Waals surface area contributed by atoms with E-state index in [1.807, 2.05) is 19.1 Å². The molecule has 1 fully saturated rings. The highest BCUT2D eigenvalue weighted by molar-refractivity contribution is 5.96. The summed E-state index contributed by atoms with van der Waals surface area (Å²) in [6.07, 6.45) is 0. The molecule has 0 atom stereocenters. The van der Waals surface area contributed by atoms with Crippen LogP contribution in [0.25, 0.3) is 0 Å². The van der Waals surface area contributed by atoms with Crippen molar-refractivity contribution >= 4 is 42.3 Å². The van der Waals surface area contributed by atoms with Gasteiger partial charge in [-0.3, -0.25) is 14.5 Å². The minimum absolute atomic E-state index is 0. The monoisotopic (exact) mass is 392 g/mol. The average molecular weight is 393 g/mol. The van der Waals surface area contributed by atoms with E-state index in [-0.39, 0.29) is 43.2 Å². The van der Waals surface area contributed by atoms with Crippen LogP contribution in [-0.4, -0.2) is 63.1 Å². The number of halogens is 2. The van der Waals surface area contributed by atoms with Crippen LogP contribution in [0, 0.1) is 6.92 Å². The van der Waals surface area contributed by atoms with Gasteiger partial charge in [0, 0.05) is 26.2 Å². The van der Waals surface area contributed by atoms with Crippen LogP contribution in [0.4, 0.5) is 5.69 Å². The van der Waals surface area contributed by atoms with Crippen molar-refractivity contribution in [2.75, 3.05) is 51.7 Å². The zero-order valence-corrected chi connectivity index (χ0v) is 16.1. The van der Waals surface area contributed by atoms with Gasteiger partial charge in [-0.15, -0.1) is 24.8 Å². The van der Waals surface area contributed by atoms with Crippen molar-refractivity contribution in [2.24, 2.45) is 0 Å². The fourth-order valence-electron chi connectivity index (χ4n) is 2.42. The molecule has 0 bridgehead atoms. The second-order valence-electron chi connectivity index (χ2n) is 5.55. The second-order valence-corrected chi connectivity index (χ2v) is 5.55. The molecule has 1 saturated heterocycles. The molecule has 1 aromatic rings. The van der Waals surface area contributed by atoms with Crippen molar-refractivity contribution in [3.63, 3.8) is 0 Å². The molecule has 0 saturated carbocycles. The first kappa shape index (κ1) is 23.5. The quantitative estimate of drug-likeness (QED) is 0.666. The first-order chi connectivity index (χ1) is 11.1. The lowest BCUT2D eigenvalue weighted by molar-refractivity contribution is -0.125. The Labute approximate surface area is 160 Å². The third-order valence-corrected chi connectivity index (χ3v) is 3.65. The minimum atomic E-state index is -0.275. The number of hydrogen-bond acceptors (Lipinski definition) is 5. The topological polar surface area (TPSA) is 82.7 Å². The van der Waals surface area contributed by atoms with Crippen molar-refractivity contribution in [1.29, 1.82) is 0 Å². The van der Waals surface area contributed by atoms with Gasteiger partial charge in [-0.05, 0) is 24.6 Å². The van der Waals surface area contributed by atoms with Crippen LogP contribution in [0.2, 0.25) is 0 Å². The fraction of sp³-hybridized carbons (Fsp3) is 0.500. The van der Waals surface area contributed by atoms with E-state index in [0.29, 0.717) is 18.0 Å². The number of nitrogens with zero attached hydrogens (tertiary/aromatic N) is 1. The standard InChI is InChI=1S/C16H24N4O3.2ClH/c1-12-3-4-14(23-2)13(9-12)19-15(21)10-18-16(22)11-20-7-5-17-6-8-20;;/h3-4,9,17H,5-8,10-11H2,1-2H3,(H,18,22)(H,19,21);2*1H. The molecule has 0 aliphatic carbocycles. The molecule has 9 heteroatoms. The first-order valence-electron chi connectivity index (χ1n) is 7.73. The van der Waals surface area contributed by atoms with E-state index in [1.54, 1.807) is 13.2 Å². The van der Waals surface area contributed by atoms with Crippen LogP contribution < -0.4 is 20.7 Å². The van der Waals surface area contributed by atoms with Crippen molar-refractivity contribution < 1.29 is 14.3 Å². The highest BCUT2D eigenvalue weighted by Gasteiger charge is 2.14. The number of aryl methyl sites for hydroxylation is 1. The average Bonchev–Trinajstić information content (AvgIpc) is 2.54. The van der Waals surface area contributed by atoms with E-state index in [4.69, 9.17) is 4.74 Å². The van der Waals surface area contributed by atoms with Crippen LogP contribution in [-0.2, 0) is 9.59 Å². The molecule has 0 aromatic heterocycles. The van der Waals surface area contributed by atoms with E-state index in [2.05, 4.69) is 20.9 Å². The van der Waals surface area contributed by atoms with Gasteiger partial charge in [-0.2, -0.15) is 0 Å². The normalized spacial score (nSPS) is 13.8. The molecule has 2 amide bonds. The van der Waals surface area contributed by atoms with Gasteiger partial charge in [-0.1, -0.05) is 6.07 Å². The SMILES string of the molecule is COc1ccc(C)cc1NC(=O)CNC(=O)CN1CCNCC1.Cl.Cl. The summed E-state index contributed by atoms with van der Waals surface area (Å²) < 4.78 is 5.21. The summed E-state index contributed by atoms with van der Waals surface area (Å²) >= 11 is 0. The third-order valence-electron chi connectivity index (χ3n) is 3.65. The lowest BCUT2D eigenvalue weighted by atomic mass is 10.2. The molecule has 142 valence electrons. The highest BCUT2D eigenvalue weighted by atomic mass is 35.5. The van der Waals surface area contributed by atoms with Gasteiger partial charge in [0.1, 0.15) is 5.75 Å². The Balaban J connectivity index is 0.00000288. The zero-order chi connectivity index (χ0) is 16.7. The molecular weight excluding hydrogens is 367 g/mol. The number of piperazine rings is 1. The molecule has 1 aliphatic rings. The molecular formula is C16H26Cl2N4O3. The van der Waals surface area contributed by atoms with E-state index >= 15 is 0 Å². The summed E-state index contributed by atoms with van der Waals surface area (Å²) in [5.41, 5.74) is 1.62. The van der Waals surface area contributed by atoms with Crippen molar-refractivity contribution in [1.82, 2.24) is 15.5 Å². The smallest absolute Gasteiger partial charge is 0.243 e. The van der Waals surface area contributed by atoms with Crippen molar-refractivity contribution in [3.05, 3.63) is 23.8 Å². The third kappa shape index (κ3) is 7.92. The summed E-state index contributed by atoms with van der Waals surface area (Å²) in [7, 11) is 1.55. The number of hydrogen-bond donors (Lipinski definition) is 3. The summed E-state index contributed by atoms with van der Waals surface area (Å²) in [6.45, 7) is 5.68. The Morgan fingerprint density at radius 2 is 1.88 bits per heavy atom. The largest absolute Gasteiger partial charge is 0.495 e. The minimum Gasteiger partial charge on any atom is -0.495 e. The number of benzene rings is 1. The predicted molar refractivity (Wildman–Crippen MR) is 103 cm³/mol. The lowest BCUT2D eigenvalue weighted by Crippen LogP contribution is -2.48. The van der Waals surface area contributed by atoms with E-state index < -0.39 is 0 Å². The number of anilines is 1. The van der Waals surface area contributed by atoms with Gasteiger partial charge in [0.2, 0.25) is 11.8 Å². The van der Waals surface area contributed by atoms with Crippen LogP contribution in [0.1, 0.15) is 5.56 Å². The van der Waals surface area contributed by atoms with Gasteiger partial charge < -0.3 is 20.7 Å². The van der Waals surface area contributed by atoms with E-state index in [1.165, 1.54) is 0 Å².